The summed E-state index contributed by atoms with van der Waals surface area (Å²) < 4.78 is 5.75. The second kappa shape index (κ2) is 6.37. The molecule has 0 unspecified atom stereocenters. The summed E-state index contributed by atoms with van der Waals surface area (Å²) in [4.78, 5) is 12.4. The van der Waals surface area contributed by atoms with E-state index in [-0.39, 0.29) is 5.57 Å². The molecule has 0 spiro atoms. The number of furan rings is 1. The summed E-state index contributed by atoms with van der Waals surface area (Å²) in [7, 11) is 0. The summed E-state index contributed by atoms with van der Waals surface area (Å²) >= 11 is 0. The average molecular weight is 320 g/mol. The van der Waals surface area contributed by atoms with Crippen LogP contribution < -0.4 is 5.32 Å². The summed E-state index contributed by atoms with van der Waals surface area (Å²) in [6, 6.07) is 11.5. The molecule has 1 fully saturated rings. The van der Waals surface area contributed by atoms with Crippen molar-refractivity contribution in [1.29, 1.82) is 5.26 Å². The van der Waals surface area contributed by atoms with Gasteiger partial charge in [-0.25, -0.2) is 0 Å². The van der Waals surface area contributed by atoms with Gasteiger partial charge in [0.1, 0.15) is 23.2 Å². The molecule has 122 valence electrons. The van der Waals surface area contributed by atoms with E-state index < -0.39 is 5.91 Å². The average Bonchev–Trinajstić information content (AvgIpc) is 3.09. The Balaban J connectivity index is 1.79. The van der Waals surface area contributed by atoms with Crippen LogP contribution in [-0.2, 0) is 4.79 Å². The van der Waals surface area contributed by atoms with Gasteiger partial charge in [0.15, 0.2) is 0 Å². The van der Waals surface area contributed by atoms with Gasteiger partial charge >= 0.3 is 0 Å². The molecule has 2 atom stereocenters. The molecule has 1 amide bonds. The van der Waals surface area contributed by atoms with Gasteiger partial charge in [-0.3, -0.25) is 4.79 Å². The van der Waals surface area contributed by atoms with Crippen molar-refractivity contribution < 1.29 is 9.21 Å². The van der Waals surface area contributed by atoms with Gasteiger partial charge in [-0.15, -0.1) is 0 Å². The maximum absolute atomic E-state index is 12.4. The summed E-state index contributed by atoms with van der Waals surface area (Å²) in [6.07, 6.45) is 2.63. The molecule has 2 aromatic rings. The van der Waals surface area contributed by atoms with Gasteiger partial charge in [-0.2, -0.15) is 5.26 Å². The van der Waals surface area contributed by atoms with Gasteiger partial charge < -0.3 is 9.73 Å². The molecule has 24 heavy (non-hydrogen) atoms. The van der Waals surface area contributed by atoms with Crippen molar-refractivity contribution in [1.82, 2.24) is 0 Å². The lowest BCUT2D eigenvalue weighted by atomic mass is 10.1. The lowest BCUT2D eigenvalue weighted by Crippen LogP contribution is -2.15. The number of para-hydroxylation sites is 1. The molecule has 1 heterocycles. The fourth-order valence-corrected chi connectivity index (χ4v) is 2.85. The SMILES string of the molecule is Cc1cccc(C)c1NC(=O)/C(C#N)=C/c1ccc([C@H]2C[C@H]2C)o1. The monoisotopic (exact) mass is 320 g/mol. The Morgan fingerprint density at radius 1 is 1.29 bits per heavy atom. The normalized spacial score (nSPS) is 19.7. The zero-order valence-corrected chi connectivity index (χ0v) is 14.1. The first-order valence-electron chi connectivity index (χ1n) is 8.08. The number of nitrogens with zero attached hydrogens (tertiary/aromatic N) is 1. The number of carbonyl (C=O) groups is 1. The highest BCUT2D eigenvalue weighted by atomic mass is 16.3. The predicted molar refractivity (Wildman–Crippen MR) is 93.4 cm³/mol. The van der Waals surface area contributed by atoms with Gasteiger partial charge in [0.2, 0.25) is 0 Å². The Morgan fingerprint density at radius 2 is 1.96 bits per heavy atom. The summed E-state index contributed by atoms with van der Waals surface area (Å²) in [5.74, 6) is 2.17. The smallest absolute Gasteiger partial charge is 0.266 e. The Morgan fingerprint density at radius 3 is 2.54 bits per heavy atom. The quantitative estimate of drug-likeness (QED) is 0.663. The first-order valence-corrected chi connectivity index (χ1v) is 8.08. The highest BCUT2D eigenvalue weighted by Crippen LogP contribution is 2.47. The lowest BCUT2D eigenvalue weighted by molar-refractivity contribution is -0.112. The van der Waals surface area contributed by atoms with Gasteiger partial charge in [-0.1, -0.05) is 25.1 Å². The van der Waals surface area contributed by atoms with Crippen LogP contribution in [0, 0.1) is 31.1 Å². The van der Waals surface area contributed by atoms with Crippen LogP contribution >= 0.6 is 0 Å². The minimum absolute atomic E-state index is 0.0300. The summed E-state index contributed by atoms with van der Waals surface area (Å²) in [5, 5.41) is 12.2. The largest absolute Gasteiger partial charge is 0.461 e. The Labute approximate surface area is 141 Å². The van der Waals surface area contributed by atoms with Crippen LogP contribution in [0.25, 0.3) is 6.08 Å². The van der Waals surface area contributed by atoms with Crippen molar-refractivity contribution in [3.05, 3.63) is 58.6 Å². The molecule has 0 radical (unpaired) electrons. The number of aryl methyl sites for hydroxylation is 2. The van der Waals surface area contributed by atoms with E-state index in [1.807, 2.05) is 50.2 Å². The van der Waals surface area contributed by atoms with Crippen LogP contribution in [0.4, 0.5) is 5.69 Å². The number of nitriles is 1. The molecule has 1 aromatic carbocycles. The van der Waals surface area contributed by atoms with Crippen molar-refractivity contribution in [2.24, 2.45) is 5.92 Å². The van der Waals surface area contributed by atoms with Crippen LogP contribution in [0.15, 0.2) is 40.3 Å². The number of carbonyl (C=O) groups excluding carboxylic acids is 1. The molecular formula is C20H20N2O2. The second-order valence-electron chi connectivity index (χ2n) is 6.45. The molecule has 3 rings (SSSR count). The molecule has 1 aliphatic rings. The number of nitrogens with one attached hydrogen (secondary N) is 1. The molecule has 0 aliphatic heterocycles. The number of hydrogen-bond donors (Lipinski definition) is 1. The zero-order chi connectivity index (χ0) is 17.3. The highest BCUT2D eigenvalue weighted by molar-refractivity contribution is 6.10. The van der Waals surface area contributed by atoms with E-state index in [1.54, 1.807) is 0 Å². The number of anilines is 1. The molecule has 4 nitrogen and oxygen atoms in total. The molecule has 1 saturated carbocycles. The van der Waals surface area contributed by atoms with Crippen LogP contribution in [-0.4, -0.2) is 5.91 Å². The number of benzene rings is 1. The number of rotatable bonds is 4. The van der Waals surface area contributed by atoms with E-state index >= 15 is 0 Å². The molecular weight excluding hydrogens is 300 g/mol. The number of hydrogen-bond acceptors (Lipinski definition) is 3. The van der Waals surface area contributed by atoms with E-state index in [0.29, 0.717) is 17.6 Å². The Bertz CT molecular complexity index is 835. The molecule has 1 aromatic heterocycles. The zero-order valence-electron chi connectivity index (χ0n) is 14.1. The third-order valence-corrected chi connectivity index (χ3v) is 4.49. The second-order valence-corrected chi connectivity index (χ2v) is 6.45. The van der Waals surface area contributed by atoms with Crippen molar-refractivity contribution in [2.75, 3.05) is 5.32 Å². The van der Waals surface area contributed by atoms with Crippen LogP contribution in [0.5, 0.6) is 0 Å². The van der Waals surface area contributed by atoms with E-state index in [4.69, 9.17) is 4.42 Å². The summed E-state index contributed by atoms with van der Waals surface area (Å²) in [5.41, 5.74) is 2.70. The molecule has 1 aliphatic carbocycles. The molecule has 4 heteroatoms. The predicted octanol–water partition coefficient (Wildman–Crippen LogP) is 4.57. The number of amides is 1. The maximum atomic E-state index is 12.4. The van der Waals surface area contributed by atoms with Crippen molar-refractivity contribution in [2.45, 2.75) is 33.1 Å². The van der Waals surface area contributed by atoms with E-state index in [0.717, 1.165) is 29.0 Å². The Kier molecular flexibility index (Phi) is 4.26. The first kappa shape index (κ1) is 16.1. The Hall–Kier alpha value is -2.80. The van der Waals surface area contributed by atoms with E-state index in [1.165, 1.54) is 6.08 Å². The molecule has 0 saturated heterocycles. The maximum Gasteiger partial charge on any atom is 0.266 e. The molecule has 1 N–H and O–H groups in total. The third kappa shape index (κ3) is 3.26. The fourth-order valence-electron chi connectivity index (χ4n) is 2.85. The standard InChI is InChI=1S/C20H20N2O2/c1-12-5-4-6-13(2)19(12)22-20(23)15(11-21)10-16-7-8-18(24-16)17-9-14(17)3/h4-8,10,14,17H,9H2,1-3H3,(H,22,23)/b15-10+/t14-,17+/m1/s1. The van der Waals surface area contributed by atoms with E-state index in [2.05, 4.69) is 12.2 Å². The van der Waals surface area contributed by atoms with Crippen LogP contribution in [0.2, 0.25) is 0 Å². The van der Waals surface area contributed by atoms with Crippen molar-refractivity contribution in [3.63, 3.8) is 0 Å². The van der Waals surface area contributed by atoms with Gasteiger partial charge in [0.25, 0.3) is 5.91 Å². The van der Waals surface area contributed by atoms with Crippen LogP contribution in [0.3, 0.4) is 0 Å². The lowest BCUT2D eigenvalue weighted by Gasteiger charge is -2.10. The van der Waals surface area contributed by atoms with Gasteiger partial charge in [0, 0.05) is 17.7 Å². The van der Waals surface area contributed by atoms with Gasteiger partial charge in [-0.05, 0) is 49.4 Å². The van der Waals surface area contributed by atoms with Crippen molar-refractivity contribution >= 4 is 17.7 Å². The van der Waals surface area contributed by atoms with Gasteiger partial charge in [0.05, 0.1) is 0 Å². The van der Waals surface area contributed by atoms with Crippen LogP contribution in [0.1, 0.15) is 41.9 Å². The first-order chi connectivity index (χ1) is 11.5. The topological polar surface area (TPSA) is 66.0 Å². The molecule has 0 bridgehead atoms. The highest BCUT2D eigenvalue weighted by Gasteiger charge is 2.36. The fraction of sp³-hybridized carbons (Fsp3) is 0.300. The third-order valence-electron chi connectivity index (χ3n) is 4.49. The minimum atomic E-state index is -0.423. The summed E-state index contributed by atoms with van der Waals surface area (Å²) in [6.45, 7) is 6.03. The van der Waals surface area contributed by atoms with E-state index in [9.17, 15) is 10.1 Å². The minimum Gasteiger partial charge on any atom is -0.461 e. The van der Waals surface area contributed by atoms with Crippen molar-refractivity contribution in [3.8, 4) is 6.07 Å².